The molecule has 0 bridgehead atoms. The highest BCUT2D eigenvalue weighted by molar-refractivity contribution is 5.67. The number of rotatable bonds is 4. The van der Waals surface area contributed by atoms with Crippen molar-refractivity contribution in [3.8, 4) is 0 Å². The monoisotopic (exact) mass is 343 g/mol. The topological polar surface area (TPSA) is 68.5 Å². The molecule has 1 aliphatic heterocycles. The molecule has 0 unspecified atom stereocenters. The molecule has 0 saturated carbocycles. The number of amides is 1. The zero-order valence-corrected chi connectivity index (χ0v) is 14.0. The lowest BCUT2D eigenvalue weighted by Gasteiger charge is -2.41. The van der Waals surface area contributed by atoms with Crippen LogP contribution in [-0.2, 0) is 16.8 Å². The van der Waals surface area contributed by atoms with Gasteiger partial charge in [0, 0.05) is 31.2 Å². The van der Waals surface area contributed by atoms with E-state index in [-0.39, 0.29) is 18.5 Å². The summed E-state index contributed by atoms with van der Waals surface area (Å²) < 4.78 is 19.5. The Morgan fingerprint density at radius 2 is 1.96 bits per heavy atom. The first-order valence-corrected chi connectivity index (χ1v) is 8.40. The Bertz CT molecular complexity index is 716. The van der Waals surface area contributed by atoms with Gasteiger partial charge in [0.15, 0.2) is 0 Å². The van der Waals surface area contributed by atoms with Crippen LogP contribution in [0.15, 0.2) is 48.8 Å². The number of likely N-dealkylation sites (tertiary alicyclic amines) is 1. The Labute approximate surface area is 146 Å². The molecule has 0 atom stereocenters. The summed E-state index contributed by atoms with van der Waals surface area (Å²) in [5, 5.41) is 0. The van der Waals surface area contributed by atoms with E-state index in [4.69, 9.17) is 10.5 Å². The summed E-state index contributed by atoms with van der Waals surface area (Å²) in [6.45, 7) is 1.57. The Kier molecular flexibility index (Phi) is 5.28. The summed E-state index contributed by atoms with van der Waals surface area (Å²) in [7, 11) is 0. The second kappa shape index (κ2) is 7.61. The van der Waals surface area contributed by atoms with Gasteiger partial charge in [-0.3, -0.25) is 4.98 Å². The number of carbonyl (C=O) groups excluding carboxylic acids is 1. The highest BCUT2D eigenvalue weighted by atomic mass is 19.1. The Morgan fingerprint density at radius 1 is 1.24 bits per heavy atom. The number of benzene rings is 1. The second-order valence-corrected chi connectivity index (χ2v) is 6.37. The summed E-state index contributed by atoms with van der Waals surface area (Å²) in [6.07, 6.45) is 3.66. The summed E-state index contributed by atoms with van der Waals surface area (Å²) in [6, 6.07) is 11.2. The number of carbonyl (C=O) groups is 1. The van der Waals surface area contributed by atoms with E-state index in [2.05, 4.69) is 4.98 Å². The maximum absolute atomic E-state index is 14.1. The summed E-state index contributed by atoms with van der Waals surface area (Å²) in [4.78, 5) is 17.7. The van der Waals surface area contributed by atoms with Crippen molar-refractivity contribution in [3.05, 3.63) is 65.7 Å². The first-order valence-electron chi connectivity index (χ1n) is 8.40. The molecule has 5 nitrogen and oxygen atoms in total. The maximum Gasteiger partial charge on any atom is 0.410 e. The molecule has 1 aromatic heterocycles. The number of halogens is 1. The molecule has 2 heterocycles. The smallest absolute Gasteiger partial charge is 0.410 e. The zero-order valence-electron chi connectivity index (χ0n) is 14.0. The van der Waals surface area contributed by atoms with Crippen molar-refractivity contribution in [1.82, 2.24) is 9.88 Å². The number of pyridine rings is 1. The predicted octanol–water partition coefficient (Wildman–Crippen LogP) is 2.85. The van der Waals surface area contributed by atoms with Crippen LogP contribution in [0.25, 0.3) is 0 Å². The van der Waals surface area contributed by atoms with Crippen LogP contribution >= 0.6 is 0 Å². The van der Waals surface area contributed by atoms with Gasteiger partial charge in [-0.25, -0.2) is 9.18 Å². The van der Waals surface area contributed by atoms with E-state index in [9.17, 15) is 9.18 Å². The van der Waals surface area contributed by atoms with E-state index in [0.29, 0.717) is 38.0 Å². The fraction of sp³-hybridized carbons (Fsp3) is 0.368. The normalized spacial score (nSPS) is 16.5. The van der Waals surface area contributed by atoms with Crippen molar-refractivity contribution in [2.45, 2.75) is 24.9 Å². The fourth-order valence-corrected chi connectivity index (χ4v) is 3.32. The van der Waals surface area contributed by atoms with Crippen molar-refractivity contribution in [3.63, 3.8) is 0 Å². The van der Waals surface area contributed by atoms with Gasteiger partial charge in [0.1, 0.15) is 12.4 Å². The molecule has 2 aromatic rings. The first kappa shape index (κ1) is 17.4. The molecule has 25 heavy (non-hydrogen) atoms. The largest absolute Gasteiger partial charge is 0.445 e. The van der Waals surface area contributed by atoms with E-state index >= 15 is 0 Å². The Morgan fingerprint density at radius 3 is 2.60 bits per heavy atom. The third-order valence-corrected chi connectivity index (χ3v) is 4.92. The van der Waals surface area contributed by atoms with E-state index in [1.807, 2.05) is 30.3 Å². The summed E-state index contributed by atoms with van der Waals surface area (Å²) >= 11 is 0. The minimum Gasteiger partial charge on any atom is -0.445 e. The maximum atomic E-state index is 14.1. The van der Waals surface area contributed by atoms with Crippen LogP contribution in [0.4, 0.5) is 9.18 Å². The van der Waals surface area contributed by atoms with Crippen molar-refractivity contribution in [1.29, 1.82) is 0 Å². The van der Waals surface area contributed by atoms with E-state index in [0.717, 1.165) is 5.56 Å². The SMILES string of the molecule is NCC1(c2ccncc2F)CCN(C(=O)OCc2ccccc2)CC1. The third-order valence-electron chi connectivity index (χ3n) is 4.92. The molecule has 1 aliphatic rings. The molecule has 0 spiro atoms. The summed E-state index contributed by atoms with van der Waals surface area (Å²) in [5.74, 6) is -0.340. The molecule has 0 aliphatic carbocycles. The molecular formula is C19H22FN3O2. The number of piperidine rings is 1. The van der Waals surface area contributed by atoms with Crippen LogP contribution in [0.3, 0.4) is 0 Å². The van der Waals surface area contributed by atoms with E-state index < -0.39 is 5.41 Å². The zero-order chi connectivity index (χ0) is 17.7. The van der Waals surface area contributed by atoms with Gasteiger partial charge in [0.25, 0.3) is 0 Å². The summed E-state index contributed by atoms with van der Waals surface area (Å²) in [5.41, 5.74) is 7.05. The highest BCUT2D eigenvalue weighted by Gasteiger charge is 2.38. The lowest BCUT2D eigenvalue weighted by molar-refractivity contribution is 0.0777. The lowest BCUT2D eigenvalue weighted by atomic mass is 9.73. The van der Waals surface area contributed by atoms with Crippen molar-refractivity contribution in [2.24, 2.45) is 5.73 Å². The number of nitrogens with zero attached hydrogens (tertiary/aromatic N) is 2. The van der Waals surface area contributed by atoms with E-state index in [1.165, 1.54) is 6.20 Å². The van der Waals surface area contributed by atoms with Crippen LogP contribution < -0.4 is 5.73 Å². The van der Waals surface area contributed by atoms with Crippen LogP contribution in [0.1, 0.15) is 24.0 Å². The Balaban J connectivity index is 1.60. The van der Waals surface area contributed by atoms with Crippen molar-refractivity contribution >= 4 is 6.09 Å². The minimum absolute atomic E-state index is 0.247. The number of ether oxygens (including phenoxy) is 1. The number of aromatic nitrogens is 1. The van der Waals surface area contributed by atoms with Crippen LogP contribution in [0, 0.1) is 5.82 Å². The molecule has 132 valence electrons. The molecule has 3 rings (SSSR count). The molecule has 6 heteroatoms. The molecule has 0 radical (unpaired) electrons. The van der Waals surface area contributed by atoms with E-state index in [1.54, 1.807) is 17.2 Å². The molecule has 1 aromatic carbocycles. The van der Waals surface area contributed by atoms with Gasteiger partial charge in [-0.05, 0) is 30.0 Å². The average Bonchev–Trinajstić information content (AvgIpc) is 2.67. The number of nitrogens with two attached hydrogens (primary N) is 1. The Hall–Kier alpha value is -2.47. The van der Waals surface area contributed by atoms with Crippen LogP contribution in [-0.4, -0.2) is 35.6 Å². The minimum atomic E-state index is -0.455. The molecule has 1 fully saturated rings. The molecule has 1 saturated heterocycles. The number of hydrogen-bond acceptors (Lipinski definition) is 4. The van der Waals surface area contributed by atoms with Gasteiger partial charge in [-0.15, -0.1) is 0 Å². The quantitative estimate of drug-likeness (QED) is 0.927. The fourth-order valence-electron chi connectivity index (χ4n) is 3.32. The van der Waals surface area contributed by atoms with Crippen LogP contribution in [0.5, 0.6) is 0 Å². The second-order valence-electron chi connectivity index (χ2n) is 6.37. The van der Waals surface area contributed by atoms with Gasteiger partial charge in [-0.1, -0.05) is 30.3 Å². The molecular weight excluding hydrogens is 321 g/mol. The number of hydrogen-bond donors (Lipinski definition) is 1. The molecule has 1 amide bonds. The van der Waals surface area contributed by atoms with Gasteiger partial charge >= 0.3 is 6.09 Å². The highest BCUT2D eigenvalue weighted by Crippen LogP contribution is 2.36. The first-order chi connectivity index (χ1) is 12.1. The molecule has 2 N–H and O–H groups in total. The lowest BCUT2D eigenvalue weighted by Crippen LogP contribution is -2.49. The van der Waals surface area contributed by atoms with Crippen LogP contribution in [0.2, 0.25) is 0 Å². The van der Waals surface area contributed by atoms with Gasteiger partial charge < -0.3 is 15.4 Å². The standard InChI is InChI=1S/C19H22FN3O2/c20-17-12-22-9-6-16(17)19(14-21)7-10-23(11-8-19)18(24)25-13-15-4-2-1-3-5-15/h1-6,9,12H,7-8,10-11,13-14,21H2. The van der Waals surface area contributed by atoms with Gasteiger partial charge in [0.05, 0.1) is 6.20 Å². The van der Waals surface area contributed by atoms with Gasteiger partial charge in [0.2, 0.25) is 0 Å². The third kappa shape index (κ3) is 3.79. The van der Waals surface area contributed by atoms with Crippen molar-refractivity contribution in [2.75, 3.05) is 19.6 Å². The van der Waals surface area contributed by atoms with Gasteiger partial charge in [-0.2, -0.15) is 0 Å². The van der Waals surface area contributed by atoms with Crippen molar-refractivity contribution < 1.29 is 13.9 Å². The average molecular weight is 343 g/mol. The predicted molar refractivity (Wildman–Crippen MR) is 92.4 cm³/mol.